The third-order valence-corrected chi connectivity index (χ3v) is 4.17. The van der Waals surface area contributed by atoms with Crippen molar-refractivity contribution in [1.82, 2.24) is 10.2 Å². The topological polar surface area (TPSA) is 27.6 Å². The van der Waals surface area contributed by atoms with Crippen molar-refractivity contribution >= 4 is 29.9 Å². The Hall–Kier alpha value is -0.780. The van der Waals surface area contributed by atoms with Crippen molar-refractivity contribution in [3.63, 3.8) is 0 Å². The van der Waals surface area contributed by atoms with E-state index >= 15 is 0 Å². The lowest BCUT2D eigenvalue weighted by Crippen LogP contribution is -2.41. The van der Waals surface area contributed by atoms with Crippen LogP contribution in [-0.4, -0.2) is 36.5 Å². The average Bonchev–Trinajstić information content (AvgIpc) is 3.17. The molecule has 1 heterocycles. The Morgan fingerprint density at radius 2 is 2.00 bits per heavy atom. The van der Waals surface area contributed by atoms with Crippen molar-refractivity contribution < 1.29 is 0 Å². The number of likely N-dealkylation sites (tertiary alicyclic amines) is 1. The number of hydrogen-bond donors (Lipinski definition) is 1. The van der Waals surface area contributed by atoms with Gasteiger partial charge in [0.1, 0.15) is 0 Å². The molecule has 2 fully saturated rings. The summed E-state index contributed by atoms with van der Waals surface area (Å²) in [6, 6.07) is 11.5. The van der Waals surface area contributed by atoms with E-state index in [1.807, 2.05) is 0 Å². The Bertz CT molecular complexity index is 456. The first-order valence-electron chi connectivity index (χ1n) is 7.95. The van der Waals surface area contributed by atoms with E-state index in [4.69, 9.17) is 0 Å². The fourth-order valence-corrected chi connectivity index (χ4v) is 2.94. The minimum Gasteiger partial charge on any atom is -0.354 e. The molecule has 21 heavy (non-hydrogen) atoms. The van der Waals surface area contributed by atoms with Crippen LogP contribution in [0.1, 0.15) is 31.7 Å². The molecule has 3 rings (SSSR count). The van der Waals surface area contributed by atoms with Gasteiger partial charge in [0.05, 0.1) is 0 Å². The highest BCUT2D eigenvalue weighted by Gasteiger charge is 2.29. The molecule has 0 radical (unpaired) electrons. The lowest BCUT2D eigenvalue weighted by Gasteiger charge is -2.22. The monoisotopic (exact) mass is 399 g/mol. The van der Waals surface area contributed by atoms with Gasteiger partial charge in [-0.3, -0.25) is 4.99 Å². The third kappa shape index (κ3) is 4.87. The van der Waals surface area contributed by atoms with Gasteiger partial charge in [-0.15, -0.1) is 24.0 Å². The zero-order valence-corrected chi connectivity index (χ0v) is 15.1. The summed E-state index contributed by atoms with van der Waals surface area (Å²) in [5, 5.41) is 3.59. The molecule has 0 bridgehead atoms. The maximum absolute atomic E-state index is 4.66. The summed E-state index contributed by atoms with van der Waals surface area (Å²) in [5.74, 6) is 1.91. The van der Waals surface area contributed by atoms with Crippen LogP contribution in [0.25, 0.3) is 0 Å². The standard InChI is InChI=1S/C17H25N3.HI/c1-2-18-17(19-16-8-9-16)20-11-10-15(13-20)12-14-6-4-3-5-7-14;/h3-7,15-16H,2,8-13H2,1H3,(H,18,19);1H. The number of nitrogens with one attached hydrogen (secondary N) is 1. The number of halogens is 1. The molecule has 1 saturated carbocycles. The summed E-state index contributed by atoms with van der Waals surface area (Å²) in [5.41, 5.74) is 1.46. The maximum Gasteiger partial charge on any atom is 0.194 e. The van der Waals surface area contributed by atoms with E-state index in [1.54, 1.807) is 0 Å². The van der Waals surface area contributed by atoms with Crippen molar-refractivity contribution in [3.8, 4) is 0 Å². The summed E-state index contributed by atoms with van der Waals surface area (Å²) in [4.78, 5) is 7.11. The summed E-state index contributed by atoms with van der Waals surface area (Å²) < 4.78 is 0. The van der Waals surface area contributed by atoms with E-state index in [9.17, 15) is 0 Å². The van der Waals surface area contributed by atoms with Crippen LogP contribution in [-0.2, 0) is 6.42 Å². The zero-order chi connectivity index (χ0) is 13.8. The van der Waals surface area contributed by atoms with E-state index in [1.165, 1.54) is 31.2 Å². The van der Waals surface area contributed by atoms with Gasteiger partial charge in [-0.25, -0.2) is 0 Å². The van der Waals surface area contributed by atoms with Crippen LogP contribution in [0.4, 0.5) is 0 Å². The summed E-state index contributed by atoms with van der Waals surface area (Å²) in [6.45, 7) is 5.28. The fourth-order valence-electron chi connectivity index (χ4n) is 2.94. The molecule has 1 aromatic carbocycles. The first kappa shape index (κ1) is 16.6. The van der Waals surface area contributed by atoms with Crippen molar-refractivity contribution in [2.45, 2.75) is 38.6 Å². The van der Waals surface area contributed by atoms with Gasteiger partial charge in [0.15, 0.2) is 5.96 Å². The van der Waals surface area contributed by atoms with E-state index < -0.39 is 0 Å². The van der Waals surface area contributed by atoms with E-state index in [0.29, 0.717) is 6.04 Å². The minimum absolute atomic E-state index is 0. The molecule has 116 valence electrons. The number of rotatable bonds is 4. The predicted molar refractivity (Wildman–Crippen MR) is 99.4 cm³/mol. The lowest BCUT2D eigenvalue weighted by molar-refractivity contribution is 0.458. The Kier molecular flexibility index (Phi) is 6.33. The van der Waals surface area contributed by atoms with Crippen molar-refractivity contribution in [2.75, 3.05) is 19.6 Å². The second-order valence-corrected chi connectivity index (χ2v) is 6.01. The molecule has 4 heteroatoms. The highest BCUT2D eigenvalue weighted by molar-refractivity contribution is 14.0. The van der Waals surface area contributed by atoms with E-state index in [0.717, 1.165) is 31.5 Å². The highest BCUT2D eigenvalue weighted by Crippen LogP contribution is 2.23. The second kappa shape index (κ2) is 8.01. The summed E-state index contributed by atoms with van der Waals surface area (Å²) in [6.07, 6.45) is 5.10. The maximum atomic E-state index is 4.66. The van der Waals surface area contributed by atoms with Crippen LogP contribution in [0.3, 0.4) is 0 Å². The van der Waals surface area contributed by atoms with Crippen LogP contribution in [0.2, 0.25) is 0 Å². The minimum atomic E-state index is 0. The summed E-state index contributed by atoms with van der Waals surface area (Å²) >= 11 is 0. The van der Waals surface area contributed by atoms with Gasteiger partial charge in [-0.05, 0) is 44.1 Å². The molecule has 1 saturated heterocycles. The van der Waals surface area contributed by atoms with Gasteiger partial charge in [-0.2, -0.15) is 0 Å². The number of aliphatic imine (C=N–C) groups is 1. The molecule has 2 aliphatic rings. The molecular weight excluding hydrogens is 373 g/mol. The van der Waals surface area contributed by atoms with Gasteiger partial charge in [0, 0.05) is 25.7 Å². The Balaban J connectivity index is 0.00000161. The molecule has 1 unspecified atom stereocenters. The van der Waals surface area contributed by atoms with Crippen LogP contribution in [0.15, 0.2) is 35.3 Å². The molecule has 1 aliphatic heterocycles. The Morgan fingerprint density at radius 1 is 1.24 bits per heavy atom. The van der Waals surface area contributed by atoms with Crippen molar-refractivity contribution in [2.24, 2.45) is 10.9 Å². The molecule has 3 nitrogen and oxygen atoms in total. The zero-order valence-electron chi connectivity index (χ0n) is 12.8. The van der Waals surface area contributed by atoms with Gasteiger partial charge in [0.25, 0.3) is 0 Å². The summed E-state index contributed by atoms with van der Waals surface area (Å²) in [7, 11) is 0. The number of guanidine groups is 1. The Morgan fingerprint density at radius 3 is 2.67 bits per heavy atom. The largest absolute Gasteiger partial charge is 0.354 e. The number of benzene rings is 1. The average molecular weight is 399 g/mol. The number of nitrogens with zero attached hydrogens (tertiary/aromatic N) is 2. The first-order valence-corrected chi connectivity index (χ1v) is 7.95. The van der Waals surface area contributed by atoms with Crippen LogP contribution in [0, 0.1) is 5.92 Å². The van der Waals surface area contributed by atoms with Crippen LogP contribution in [0.5, 0.6) is 0 Å². The highest BCUT2D eigenvalue weighted by atomic mass is 127. The molecule has 0 spiro atoms. The molecule has 0 aromatic heterocycles. The SMILES string of the molecule is CCN=C(NC1CC1)N1CCC(Cc2ccccc2)C1.I. The second-order valence-electron chi connectivity index (χ2n) is 6.01. The van der Waals surface area contributed by atoms with Crippen LogP contribution >= 0.6 is 24.0 Å². The third-order valence-electron chi connectivity index (χ3n) is 4.17. The quantitative estimate of drug-likeness (QED) is 0.478. The number of hydrogen-bond acceptors (Lipinski definition) is 1. The molecular formula is C17H26IN3. The molecule has 1 aromatic rings. The van der Waals surface area contributed by atoms with Gasteiger partial charge >= 0.3 is 0 Å². The predicted octanol–water partition coefficient (Wildman–Crippen LogP) is 3.30. The van der Waals surface area contributed by atoms with Gasteiger partial charge < -0.3 is 10.2 Å². The lowest BCUT2D eigenvalue weighted by atomic mass is 9.99. The fraction of sp³-hybridized carbons (Fsp3) is 0.588. The van der Waals surface area contributed by atoms with Crippen molar-refractivity contribution in [3.05, 3.63) is 35.9 Å². The molecule has 1 aliphatic carbocycles. The van der Waals surface area contributed by atoms with E-state index in [2.05, 4.69) is 52.5 Å². The molecule has 1 atom stereocenters. The molecule has 0 amide bonds. The first-order chi connectivity index (χ1) is 9.85. The van der Waals surface area contributed by atoms with Gasteiger partial charge in [0.2, 0.25) is 0 Å². The normalized spacial score (nSPS) is 22.0. The van der Waals surface area contributed by atoms with Gasteiger partial charge in [-0.1, -0.05) is 30.3 Å². The smallest absolute Gasteiger partial charge is 0.194 e. The Labute approximate surface area is 145 Å². The molecule has 1 N–H and O–H groups in total. The van der Waals surface area contributed by atoms with Crippen molar-refractivity contribution in [1.29, 1.82) is 0 Å². The van der Waals surface area contributed by atoms with E-state index in [-0.39, 0.29) is 24.0 Å². The van der Waals surface area contributed by atoms with Crippen LogP contribution < -0.4 is 5.32 Å².